The minimum Gasteiger partial charge on any atom is -0.311 e. The standard InChI is InChI=1S/C18H37N/c1-3-5-6-7-8-9-10-11-12-13-15-18(4-2)16-14-17-19-18/h19H,3-17H2,1-2H3. The van der Waals surface area contributed by atoms with E-state index < -0.39 is 0 Å². The Bertz CT molecular complexity index is 194. The first-order chi connectivity index (χ1) is 9.33. The summed E-state index contributed by atoms with van der Waals surface area (Å²) < 4.78 is 0. The highest BCUT2D eigenvalue weighted by molar-refractivity contribution is 4.91. The van der Waals surface area contributed by atoms with Crippen molar-refractivity contribution in [2.45, 2.75) is 109 Å². The lowest BCUT2D eigenvalue weighted by Crippen LogP contribution is -2.38. The van der Waals surface area contributed by atoms with Crippen molar-refractivity contribution < 1.29 is 0 Å². The summed E-state index contributed by atoms with van der Waals surface area (Å²) in [4.78, 5) is 0. The van der Waals surface area contributed by atoms with Gasteiger partial charge < -0.3 is 5.32 Å². The van der Waals surface area contributed by atoms with E-state index in [1.807, 2.05) is 0 Å². The van der Waals surface area contributed by atoms with Gasteiger partial charge in [0.05, 0.1) is 0 Å². The minimum absolute atomic E-state index is 0.528. The van der Waals surface area contributed by atoms with Crippen LogP contribution in [-0.4, -0.2) is 12.1 Å². The van der Waals surface area contributed by atoms with Gasteiger partial charge in [0, 0.05) is 5.54 Å². The Balaban J connectivity index is 1.85. The van der Waals surface area contributed by atoms with Crippen molar-refractivity contribution in [3.05, 3.63) is 0 Å². The van der Waals surface area contributed by atoms with Crippen LogP contribution in [-0.2, 0) is 0 Å². The summed E-state index contributed by atoms with van der Waals surface area (Å²) in [7, 11) is 0. The maximum Gasteiger partial charge on any atom is 0.0179 e. The second-order valence-corrected chi connectivity index (χ2v) is 6.60. The molecule has 1 unspecified atom stereocenters. The van der Waals surface area contributed by atoms with Crippen LogP contribution in [0.1, 0.15) is 104 Å². The van der Waals surface area contributed by atoms with Crippen molar-refractivity contribution in [2.24, 2.45) is 0 Å². The third-order valence-corrected chi connectivity index (χ3v) is 5.02. The number of rotatable bonds is 12. The molecule has 1 saturated heterocycles. The van der Waals surface area contributed by atoms with Gasteiger partial charge in [-0.25, -0.2) is 0 Å². The fourth-order valence-corrected chi connectivity index (χ4v) is 3.51. The summed E-state index contributed by atoms with van der Waals surface area (Å²) in [5, 5.41) is 3.75. The molecule has 1 aliphatic heterocycles. The van der Waals surface area contributed by atoms with Crippen molar-refractivity contribution in [2.75, 3.05) is 6.54 Å². The van der Waals surface area contributed by atoms with Gasteiger partial charge >= 0.3 is 0 Å². The second-order valence-electron chi connectivity index (χ2n) is 6.60. The molecule has 0 aliphatic carbocycles. The molecular weight excluding hydrogens is 230 g/mol. The Morgan fingerprint density at radius 2 is 1.37 bits per heavy atom. The third-order valence-electron chi connectivity index (χ3n) is 5.02. The van der Waals surface area contributed by atoms with E-state index in [4.69, 9.17) is 0 Å². The smallest absolute Gasteiger partial charge is 0.0179 e. The van der Waals surface area contributed by atoms with Gasteiger partial charge in [-0.15, -0.1) is 0 Å². The van der Waals surface area contributed by atoms with Crippen molar-refractivity contribution in [1.29, 1.82) is 0 Å². The van der Waals surface area contributed by atoms with E-state index in [1.54, 1.807) is 0 Å². The molecule has 0 aromatic carbocycles. The summed E-state index contributed by atoms with van der Waals surface area (Å²) in [6.45, 7) is 5.91. The van der Waals surface area contributed by atoms with Crippen LogP contribution >= 0.6 is 0 Å². The molecule has 1 rings (SSSR count). The van der Waals surface area contributed by atoms with Gasteiger partial charge in [-0.3, -0.25) is 0 Å². The lowest BCUT2D eigenvalue weighted by atomic mass is 9.88. The van der Waals surface area contributed by atoms with E-state index in [9.17, 15) is 0 Å². The number of nitrogens with one attached hydrogen (secondary N) is 1. The van der Waals surface area contributed by atoms with Crippen LogP contribution in [0.2, 0.25) is 0 Å². The lowest BCUT2D eigenvalue weighted by molar-refractivity contribution is 0.322. The zero-order valence-electron chi connectivity index (χ0n) is 13.6. The topological polar surface area (TPSA) is 12.0 Å². The molecule has 0 aromatic rings. The summed E-state index contributed by atoms with van der Waals surface area (Å²) in [6.07, 6.45) is 20.1. The second kappa shape index (κ2) is 10.7. The van der Waals surface area contributed by atoms with E-state index in [-0.39, 0.29) is 0 Å². The van der Waals surface area contributed by atoms with Crippen molar-refractivity contribution in [1.82, 2.24) is 5.32 Å². The molecule has 0 amide bonds. The van der Waals surface area contributed by atoms with Crippen LogP contribution in [0.5, 0.6) is 0 Å². The fourth-order valence-electron chi connectivity index (χ4n) is 3.51. The average Bonchev–Trinajstić information content (AvgIpc) is 2.90. The summed E-state index contributed by atoms with van der Waals surface area (Å²) in [6, 6.07) is 0. The van der Waals surface area contributed by atoms with Crippen LogP contribution in [0.3, 0.4) is 0 Å². The number of unbranched alkanes of at least 4 members (excludes halogenated alkanes) is 9. The van der Waals surface area contributed by atoms with Crippen LogP contribution in [0, 0.1) is 0 Å². The molecule has 0 spiro atoms. The van der Waals surface area contributed by atoms with E-state index >= 15 is 0 Å². The maximum absolute atomic E-state index is 3.75. The highest BCUT2D eigenvalue weighted by Crippen LogP contribution is 2.28. The van der Waals surface area contributed by atoms with Crippen LogP contribution in [0.4, 0.5) is 0 Å². The molecule has 0 saturated carbocycles. The van der Waals surface area contributed by atoms with Gasteiger partial charge in [-0.2, -0.15) is 0 Å². The van der Waals surface area contributed by atoms with Crippen molar-refractivity contribution in [3.8, 4) is 0 Å². The Morgan fingerprint density at radius 1 is 0.789 bits per heavy atom. The first kappa shape index (κ1) is 17.0. The van der Waals surface area contributed by atoms with Crippen LogP contribution in [0.15, 0.2) is 0 Å². The molecule has 19 heavy (non-hydrogen) atoms. The van der Waals surface area contributed by atoms with E-state index in [0.717, 1.165) is 0 Å². The molecular formula is C18H37N. The molecule has 0 radical (unpaired) electrons. The van der Waals surface area contributed by atoms with E-state index in [0.29, 0.717) is 5.54 Å². The molecule has 1 N–H and O–H groups in total. The predicted molar refractivity (Wildman–Crippen MR) is 86.7 cm³/mol. The Hall–Kier alpha value is -0.0400. The van der Waals surface area contributed by atoms with Gasteiger partial charge in [0.2, 0.25) is 0 Å². The van der Waals surface area contributed by atoms with Gasteiger partial charge in [0.15, 0.2) is 0 Å². The quantitative estimate of drug-likeness (QED) is 0.439. The van der Waals surface area contributed by atoms with Gasteiger partial charge in [-0.1, -0.05) is 78.1 Å². The third kappa shape index (κ3) is 7.34. The molecule has 1 atom stereocenters. The van der Waals surface area contributed by atoms with E-state index in [2.05, 4.69) is 19.2 Å². The number of hydrogen-bond donors (Lipinski definition) is 1. The summed E-state index contributed by atoms with van der Waals surface area (Å²) >= 11 is 0. The summed E-state index contributed by atoms with van der Waals surface area (Å²) in [5.41, 5.74) is 0.528. The zero-order valence-corrected chi connectivity index (χ0v) is 13.6. The highest BCUT2D eigenvalue weighted by atomic mass is 15.0. The first-order valence-electron chi connectivity index (χ1n) is 9.08. The predicted octanol–water partition coefficient (Wildman–Crippen LogP) is 5.83. The maximum atomic E-state index is 3.75. The Labute approximate surface area is 121 Å². The van der Waals surface area contributed by atoms with Gasteiger partial charge in [0.25, 0.3) is 0 Å². The zero-order chi connectivity index (χ0) is 13.8. The van der Waals surface area contributed by atoms with Crippen LogP contribution < -0.4 is 5.32 Å². The van der Waals surface area contributed by atoms with Gasteiger partial charge in [-0.05, 0) is 32.2 Å². The van der Waals surface area contributed by atoms with Crippen LogP contribution in [0.25, 0.3) is 0 Å². The normalized spacial score (nSPS) is 23.1. The molecule has 1 fully saturated rings. The van der Waals surface area contributed by atoms with Crippen molar-refractivity contribution in [3.63, 3.8) is 0 Å². The summed E-state index contributed by atoms with van der Waals surface area (Å²) in [5.74, 6) is 0. The average molecular weight is 268 g/mol. The van der Waals surface area contributed by atoms with Gasteiger partial charge in [0.1, 0.15) is 0 Å². The molecule has 0 bridgehead atoms. The fraction of sp³-hybridized carbons (Fsp3) is 1.00. The molecule has 1 nitrogen and oxygen atoms in total. The monoisotopic (exact) mass is 267 g/mol. The Kier molecular flexibility index (Phi) is 9.59. The SMILES string of the molecule is CCCCCCCCCCCCC1(CC)CCCN1. The van der Waals surface area contributed by atoms with E-state index in [1.165, 1.54) is 96.4 Å². The lowest BCUT2D eigenvalue weighted by Gasteiger charge is -2.28. The van der Waals surface area contributed by atoms with Crippen molar-refractivity contribution >= 4 is 0 Å². The molecule has 0 aromatic heterocycles. The largest absolute Gasteiger partial charge is 0.311 e. The highest BCUT2D eigenvalue weighted by Gasteiger charge is 2.30. The molecule has 1 heterocycles. The molecule has 1 heteroatoms. The molecule has 1 aliphatic rings. The Morgan fingerprint density at radius 3 is 1.84 bits per heavy atom. The minimum atomic E-state index is 0.528. The first-order valence-corrected chi connectivity index (χ1v) is 9.08. The number of hydrogen-bond acceptors (Lipinski definition) is 1. The molecule has 114 valence electrons.